The summed E-state index contributed by atoms with van der Waals surface area (Å²) in [7, 11) is 1.44. The number of rotatable bonds is 2. The number of carbonyl (C=O) groups excluding carboxylic acids is 2. The summed E-state index contributed by atoms with van der Waals surface area (Å²) in [4.78, 5) is 23.5. The Morgan fingerprint density at radius 3 is 2.00 bits per heavy atom. The topological polar surface area (TPSA) is 46.6 Å². The van der Waals surface area contributed by atoms with Gasteiger partial charge in [0.25, 0.3) is 5.91 Å². The number of carbonyl (C=O) groups is 2. The average Bonchev–Trinajstić information content (AvgIpc) is 2.30. The molecule has 0 aromatic rings. The Morgan fingerprint density at radius 1 is 1.33 bits per heavy atom. The molecule has 68 valence electrons. The molecule has 0 atom stereocenters. The maximum absolute atomic E-state index is 11.5. The molecule has 0 N–H and O–H groups in total. The number of nitrogens with zero attached hydrogens (tertiary/aromatic N) is 1. The molecule has 12 heavy (non-hydrogen) atoms. The number of hydrogen-bond donors (Lipinski definition) is 0. The van der Waals surface area contributed by atoms with Crippen LogP contribution in [-0.4, -0.2) is 29.5 Å². The molecular weight excluding hydrogens is 158 g/mol. The van der Waals surface area contributed by atoms with Crippen LogP contribution in [0.15, 0.2) is 0 Å². The average molecular weight is 171 g/mol. The van der Waals surface area contributed by atoms with Crippen LogP contribution in [0.3, 0.4) is 0 Å². The van der Waals surface area contributed by atoms with E-state index < -0.39 is 11.7 Å². The molecule has 4 nitrogen and oxygen atoms in total. The Kier molecular flexibility index (Phi) is 2.08. The van der Waals surface area contributed by atoms with Gasteiger partial charge in [-0.05, 0) is 12.8 Å². The van der Waals surface area contributed by atoms with Crippen LogP contribution in [0.2, 0.25) is 0 Å². The lowest BCUT2D eigenvalue weighted by atomic mass is 9.97. The fourth-order valence-corrected chi connectivity index (χ4v) is 1.36. The first-order valence-corrected chi connectivity index (χ1v) is 4.08. The van der Waals surface area contributed by atoms with Crippen LogP contribution >= 0.6 is 0 Å². The van der Waals surface area contributed by atoms with Crippen LogP contribution in [0.4, 0.5) is 4.79 Å². The standard InChI is InChI=1S/C8H13NO3/c1-4-8(5-2)6(10)9(3)7(11)12-8/h4-5H2,1-3H3. The molecule has 0 unspecified atom stereocenters. The van der Waals surface area contributed by atoms with Gasteiger partial charge in [0.2, 0.25) is 0 Å². The van der Waals surface area contributed by atoms with Crippen LogP contribution in [-0.2, 0) is 9.53 Å². The minimum Gasteiger partial charge on any atom is -0.432 e. The Balaban J connectivity index is 2.95. The molecule has 0 aromatic heterocycles. The number of ether oxygens (including phenoxy) is 1. The summed E-state index contributed by atoms with van der Waals surface area (Å²) in [6.07, 6.45) is 0.542. The van der Waals surface area contributed by atoms with E-state index in [1.165, 1.54) is 7.05 Å². The lowest BCUT2D eigenvalue weighted by Gasteiger charge is -2.20. The molecule has 4 heteroatoms. The Labute approximate surface area is 71.5 Å². The predicted octanol–water partition coefficient (Wildman–Crippen LogP) is 1.15. The van der Waals surface area contributed by atoms with Crippen LogP contribution in [0.1, 0.15) is 26.7 Å². The number of amides is 2. The lowest BCUT2D eigenvalue weighted by Crippen LogP contribution is -2.38. The molecule has 0 spiro atoms. The van der Waals surface area contributed by atoms with E-state index in [9.17, 15) is 9.59 Å². The Morgan fingerprint density at radius 2 is 1.83 bits per heavy atom. The molecule has 2 amide bonds. The second kappa shape index (κ2) is 2.77. The van der Waals surface area contributed by atoms with Crippen molar-refractivity contribution in [2.45, 2.75) is 32.3 Å². The monoisotopic (exact) mass is 171 g/mol. The van der Waals surface area contributed by atoms with Crippen molar-refractivity contribution in [3.8, 4) is 0 Å². The maximum atomic E-state index is 11.5. The van der Waals surface area contributed by atoms with E-state index in [0.717, 1.165) is 4.90 Å². The first kappa shape index (κ1) is 9.03. The zero-order valence-corrected chi connectivity index (χ0v) is 7.59. The largest absolute Gasteiger partial charge is 0.432 e. The van der Waals surface area contributed by atoms with Crippen LogP contribution in [0.5, 0.6) is 0 Å². The molecule has 0 aromatic carbocycles. The minimum atomic E-state index is -0.883. The van der Waals surface area contributed by atoms with Crippen molar-refractivity contribution in [2.24, 2.45) is 0 Å². The van der Waals surface area contributed by atoms with Gasteiger partial charge in [0.1, 0.15) is 0 Å². The molecular formula is C8H13NO3. The Bertz CT molecular complexity index is 220. The molecule has 1 aliphatic rings. The van der Waals surface area contributed by atoms with E-state index in [-0.39, 0.29) is 5.91 Å². The van der Waals surface area contributed by atoms with E-state index in [1.54, 1.807) is 0 Å². The summed E-state index contributed by atoms with van der Waals surface area (Å²) in [5, 5.41) is 0. The first-order chi connectivity index (χ1) is 5.57. The van der Waals surface area contributed by atoms with Crippen LogP contribution < -0.4 is 0 Å². The van der Waals surface area contributed by atoms with E-state index in [4.69, 9.17) is 4.74 Å². The normalized spacial score (nSPS) is 21.4. The first-order valence-electron chi connectivity index (χ1n) is 4.08. The summed E-state index contributed by atoms with van der Waals surface area (Å²) in [6.45, 7) is 3.68. The van der Waals surface area contributed by atoms with Crippen molar-refractivity contribution < 1.29 is 14.3 Å². The van der Waals surface area contributed by atoms with Gasteiger partial charge in [-0.15, -0.1) is 0 Å². The number of cyclic esters (lactones) is 1. The highest BCUT2D eigenvalue weighted by Gasteiger charge is 2.49. The SMILES string of the molecule is CCC1(CC)OC(=O)N(C)C1=O. The van der Waals surface area contributed by atoms with E-state index in [1.807, 2.05) is 13.8 Å². The van der Waals surface area contributed by atoms with Gasteiger partial charge in [0, 0.05) is 7.05 Å². The third kappa shape index (κ3) is 0.983. The maximum Gasteiger partial charge on any atom is 0.417 e. The molecule has 1 rings (SSSR count). The highest BCUT2D eigenvalue weighted by atomic mass is 16.6. The summed E-state index contributed by atoms with van der Waals surface area (Å²) >= 11 is 0. The van der Waals surface area contributed by atoms with E-state index in [0.29, 0.717) is 12.8 Å². The fourth-order valence-electron chi connectivity index (χ4n) is 1.36. The van der Waals surface area contributed by atoms with Gasteiger partial charge >= 0.3 is 6.09 Å². The summed E-state index contributed by atoms with van der Waals surface area (Å²) < 4.78 is 5.01. The lowest BCUT2D eigenvalue weighted by molar-refractivity contribution is -0.136. The van der Waals surface area contributed by atoms with Crippen molar-refractivity contribution in [3.05, 3.63) is 0 Å². The zero-order chi connectivity index (χ0) is 9.35. The van der Waals surface area contributed by atoms with E-state index in [2.05, 4.69) is 0 Å². The molecule has 1 saturated heterocycles. The van der Waals surface area contributed by atoms with Crippen molar-refractivity contribution in [3.63, 3.8) is 0 Å². The van der Waals surface area contributed by atoms with Crippen molar-refractivity contribution in [1.82, 2.24) is 4.90 Å². The molecule has 0 aliphatic carbocycles. The third-order valence-electron chi connectivity index (χ3n) is 2.39. The third-order valence-corrected chi connectivity index (χ3v) is 2.39. The van der Waals surface area contributed by atoms with Gasteiger partial charge in [-0.2, -0.15) is 0 Å². The van der Waals surface area contributed by atoms with Crippen molar-refractivity contribution in [2.75, 3.05) is 7.05 Å². The number of imide groups is 1. The smallest absolute Gasteiger partial charge is 0.417 e. The van der Waals surface area contributed by atoms with Crippen molar-refractivity contribution >= 4 is 12.0 Å². The van der Waals surface area contributed by atoms with E-state index >= 15 is 0 Å². The number of hydrogen-bond acceptors (Lipinski definition) is 3. The molecule has 1 fully saturated rings. The summed E-state index contributed by atoms with van der Waals surface area (Å²) in [5.74, 6) is -0.225. The molecule has 0 saturated carbocycles. The second-order valence-electron chi connectivity index (χ2n) is 2.93. The van der Waals surface area contributed by atoms with Gasteiger partial charge in [-0.1, -0.05) is 13.8 Å². The van der Waals surface area contributed by atoms with Gasteiger partial charge in [-0.25, -0.2) is 9.69 Å². The highest BCUT2D eigenvalue weighted by Crippen LogP contribution is 2.29. The van der Waals surface area contributed by atoms with Crippen LogP contribution in [0, 0.1) is 0 Å². The Hall–Kier alpha value is -1.06. The summed E-state index contributed by atoms with van der Waals surface area (Å²) in [5.41, 5.74) is -0.883. The molecule has 1 aliphatic heterocycles. The predicted molar refractivity (Wildman–Crippen MR) is 42.6 cm³/mol. The van der Waals surface area contributed by atoms with Crippen LogP contribution in [0.25, 0.3) is 0 Å². The highest BCUT2D eigenvalue weighted by molar-refractivity contribution is 6.02. The van der Waals surface area contributed by atoms with Gasteiger partial charge in [0.15, 0.2) is 5.60 Å². The fraction of sp³-hybridized carbons (Fsp3) is 0.750. The molecule has 1 heterocycles. The zero-order valence-electron chi connectivity index (χ0n) is 7.59. The van der Waals surface area contributed by atoms with Gasteiger partial charge in [-0.3, -0.25) is 4.79 Å². The number of likely N-dealkylation sites (N-methyl/N-ethyl adjacent to an activating group) is 1. The van der Waals surface area contributed by atoms with Crippen molar-refractivity contribution in [1.29, 1.82) is 0 Å². The summed E-state index contributed by atoms with van der Waals surface area (Å²) in [6, 6.07) is 0. The van der Waals surface area contributed by atoms with Gasteiger partial charge < -0.3 is 4.74 Å². The quantitative estimate of drug-likeness (QED) is 0.626. The molecule has 0 radical (unpaired) electrons. The van der Waals surface area contributed by atoms with Gasteiger partial charge in [0.05, 0.1) is 0 Å². The minimum absolute atomic E-state index is 0.225. The molecule has 0 bridgehead atoms. The second-order valence-corrected chi connectivity index (χ2v) is 2.93.